The minimum Gasteiger partial charge on any atom is -0.388 e. The summed E-state index contributed by atoms with van der Waals surface area (Å²) >= 11 is 0. The van der Waals surface area contributed by atoms with Crippen molar-refractivity contribution in [3.63, 3.8) is 0 Å². The molecule has 11 N–H and O–H groups in total. The summed E-state index contributed by atoms with van der Waals surface area (Å²) in [7, 11) is 0. The lowest BCUT2D eigenvalue weighted by atomic mass is 10.1. The maximum Gasteiger partial charge on any atom is 0.276 e. The highest BCUT2D eigenvalue weighted by Gasteiger charge is 2.20. The molecule has 16 nitrogen and oxygen atoms in total. The number of aromatic amines is 1. The molecule has 16 heteroatoms. The Hall–Kier alpha value is -5.41. The fraction of sp³-hybridized carbons (Fsp3) is 0.514. The summed E-state index contributed by atoms with van der Waals surface area (Å²) in [6.45, 7) is 10.4. The third-order valence-corrected chi connectivity index (χ3v) is 8.04. The topological polar surface area (TPSA) is 255 Å². The van der Waals surface area contributed by atoms with E-state index in [1.165, 1.54) is 6.07 Å². The Balaban J connectivity index is 1.66. The Morgan fingerprint density at radius 3 is 1.59 bits per heavy atom. The Bertz CT molecular complexity index is 1550. The summed E-state index contributed by atoms with van der Waals surface area (Å²) in [6, 6.07) is 4.55. The molecule has 0 aliphatic heterocycles. The van der Waals surface area contributed by atoms with E-state index in [0.29, 0.717) is 99.3 Å². The van der Waals surface area contributed by atoms with Crippen molar-refractivity contribution >= 4 is 46.7 Å². The first-order valence-corrected chi connectivity index (χ1v) is 17.5. The van der Waals surface area contributed by atoms with Gasteiger partial charge in [0.05, 0.1) is 23.0 Å². The van der Waals surface area contributed by atoms with Crippen LogP contribution in [-0.4, -0.2) is 67.7 Å². The second-order valence-corrected chi connectivity index (χ2v) is 13.5. The molecule has 0 bridgehead atoms. The van der Waals surface area contributed by atoms with Gasteiger partial charge in [0, 0.05) is 57.5 Å². The molecule has 0 aliphatic carbocycles. The van der Waals surface area contributed by atoms with E-state index in [1.807, 2.05) is 4.57 Å². The van der Waals surface area contributed by atoms with Crippen LogP contribution in [0.15, 0.2) is 30.6 Å². The fourth-order valence-corrected chi connectivity index (χ4v) is 5.12. The lowest BCUT2D eigenvalue weighted by molar-refractivity contribution is 0.0935. The Morgan fingerprint density at radius 2 is 1.16 bits per heavy atom. The van der Waals surface area contributed by atoms with E-state index < -0.39 is 11.8 Å². The number of carbonyl (C=O) groups excluding carboxylic acids is 4. The van der Waals surface area contributed by atoms with Gasteiger partial charge in [0.1, 0.15) is 17.1 Å². The summed E-state index contributed by atoms with van der Waals surface area (Å²) in [6.07, 6.45) is 8.78. The van der Waals surface area contributed by atoms with Gasteiger partial charge in [-0.25, -0.2) is 0 Å². The van der Waals surface area contributed by atoms with Gasteiger partial charge in [-0.3, -0.25) is 35.1 Å². The molecule has 0 radical (unpaired) electrons. The average molecular weight is 707 g/mol. The maximum absolute atomic E-state index is 13.2. The molecule has 3 heterocycles. The number of amidine groups is 2. The molecule has 0 fully saturated rings. The maximum atomic E-state index is 13.2. The Morgan fingerprint density at radius 1 is 0.706 bits per heavy atom. The molecule has 3 aromatic heterocycles. The van der Waals surface area contributed by atoms with Crippen molar-refractivity contribution in [1.29, 1.82) is 10.8 Å². The van der Waals surface area contributed by atoms with Crippen LogP contribution in [0.5, 0.6) is 0 Å². The summed E-state index contributed by atoms with van der Waals surface area (Å²) in [5.74, 6) is -0.614. The zero-order valence-corrected chi connectivity index (χ0v) is 30.2. The molecule has 51 heavy (non-hydrogen) atoms. The van der Waals surface area contributed by atoms with Gasteiger partial charge >= 0.3 is 0 Å². The normalized spacial score (nSPS) is 11.1. The summed E-state index contributed by atoms with van der Waals surface area (Å²) < 4.78 is 3.61. The van der Waals surface area contributed by atoms with Crippen molar-refractivity contribution in [3.8, 4) is 0 Å². The van der Waals surface area contributed by atoms with Gasteiger partial charge in [0.25, 0.3) is 23.6 Å². The molecule has 278 valence electrons. The van der Waals surface area contributed by atoms with Crippen LogP contribution in [0.25, 0.3) is 0 Å². The summed E-state index contributed by atoms with van der Waals surface area (Å²) in [5, 5.41) is 32.7. The molecule has 0 unspecified atom stereocenters. The fourth-order valence-electron chi connectivity index (χ4n) is 5.12. The second kappa shape index (κ2) is 19.7. The standard InChI is InChI=1S/C35H54N12O4/c1-22(2)11-15-46-20-24(17-28(46)34(50)40-13-7-5-9-30(36)37)42-32(48)26-19-27(45-44-26)33(49)43-25-18-29(47(21-25)16-12-23(3)4)35(51)41-14-8-6-10-31(38)39/h17-23H,5-16H2,1-4H3,(H3,36,37)(H3,38,39)(H,40,50)(H,41,51)(H,42,48)(H,43,49)(H,44,45). The third-order valence-electron chi connectivity index (χ3n) is 8.04. The van der Waals surface area contributed by atoms with Crippen LogP contribution >= 0.6 is 0 Å². The number of hydrogen-bond acceptors (Lipinski definition) is 7. The minimum atomic E-state index is -0.565. The molecule has 0 saturated carbocycles. The number of nitrogens with one attached hydrogen (secondary N) is 7. The highest BCUT2D eigenvalue weighted by atomic mass is 16.2. The van der Waals surface area contributed by atoms with Gasteiger partial charge in [-0.05, 0) is 62.5 Å². The van der Waals surface area contributed by atoms with E-state index in [2.05, 4.69) is 59.2 Å². The number of H-pyrrole nitrogens is 1. The van der Waals surface area contributed by atoms with Crippen LogP contribution in [0.2, 0.25) is 0 Å². The number of aromatic nitrogens is 4. The predicted molar refractivity (Wildman–Crippen MR) is 198 cm³/mol. The van der Waals surface area contributed by atoms with Crippen LogP contribution in [0.4, 0.5) is 11.4 Å². The first-order chi connectivity index (χ1) is 24.2. The van der Waals surface area contributed by atoms with Crippen molar-refractivity contribution in [3.05, 3.63) is 53.4 Å². The first kappa shape index (κ1) is 40.0. The number of hydrogen-bond donors (Lipinski definition) is 9. The van der Waals surface area contributed by atoms with Crippen molar-refractivity contribution in [2.75, 3.05) is 23.7 Å². The van der Waals surface area contributed by atoms with Gasteiger partial charge in [-0.2, -0.15) is 5.10 Å². The van der Waals surface area contributed by atoms with E-state index in [1.54, 1.807) is 29.1 Å². The van der Waals surface area contributed by atoms with Gasteiger partial charge in [0.2, 0.25) is 0 Å². The highest BCUT2D eigenvalue weighted by Crippen LogP contribution is 2.20. The van der Waals surface area contributed by atoms with E-state index in [9.17, 15) is 19.2 Å². The number of anilines is 2. The zero-order chi connectivity index (χ0) is 37.5. The van der Waals surface area contributed by atoms with Crippen molar-refractivity contribution in [2.24, 2.45) is 23.3 Å². The quantitative estimate of drug-likeness (QED) is 0.0416. The molecule has 0 atom stereocenters. The van der Waals surface area contributed by atoms with Gasteiger partial charge < -0.3 is 41.9 Å². The molecular weight excluding hydrogens is 652 g/mol. The molecular formula is C35H54N12O4. The van der Waals surface area contributed by atoms with Gasteiger partial charge in [-0.1, -0.05) is 27.7 Å². The largest absolute Gasteiger partial charge is 0.388 e. The average Bonchev–Trinajstić information content (AvgIpc) is 3.81. The number of nitrogens with zero attached hydrogens (tertiary/aromatic N) is 3. The van der Waals surface area contributed by atoms with Crippen LogP contribution in [0.1, 0.15) is 121 Å². The molecule has 0 saturated heterocycles. The van der Waals surface area contributed by atoms with Gasteiger partial charge in [0.15, 0.2) is 5.69 Å². The molecule has 3 rings (SSSR count). The molecule has 0 spiro atoms. The second-order valence-electron chi connectivity index (χ2n) is 13.5. The third kappa shape index (κ3) is 13.4. The molecule has 4 amide bonds. The molecule has 0 aromatic carbocycles. The van der Waals surface area contributed by atoms with Crippen molar-refractivity contribution in [2.45, 2.75) is 92.2 Å². The lowest BCUT2D eigenvalue weighted by Gasteiger charge is -2.11. The van der Waals surface area contributed by atoms with E-state index >= 15 is 0 Å². The number of unbranched alkanes of at least 4 members (excludes halogenated alkanes) is 2. The van der Waals surface area contributed by atoms with Crippen LogP contribution in [0.3, 0.4) is 0 Å². The summed E-state index contributed by atoms with van der Waals surface area (Å²) in [4.78, 5) is 52.3. The first-order valence-electron chi connectivity index (χ1n) is 17.5. The van der Waals surface area contributed by atoms with Crippen LogP contribution in [-0.2, 0) is 13.1 Å². The van der Waals surface area contributed by atoms with E-state index in [0.717, 1.165) is 12.8 Å². The molecule has 0 aliphatic rings. The zero-order valence-electron chi connectivity index (χ0n) is 30.2. The minimum absolute atomic E-state index is 0.0223. The number of rotatable bonds is 22. The number of carbonyl (C=O) groups is 4. The SMILES string of the molecule is CC(C)CCn1cc(NC(=O)c2cc(C(=O)Nc3cc(C(=O)NCCCCC(=N)N)n(CCC(C)C)c3)[nH]n2)cc1C(=O)NCCCCC(=N)N. The van der Waals surface area contributed by atoms with Crippen LogP contribution in [0, 0.1) is 22.7 Å². The lowest BCUT2D eigenvalue weighted by Crippen LogP contribution is -2.27. The smallest absolute Gasteiger partial charge is 0.276 e. The monoisotopic (exact) mass is 706 g/mol. The Labute approximate surface area is 298 Å². The van der Waals surface area contributed by atoms with Gasteiger partial charge in [-0.15, -0.1) is 0 Å². The van der Waals surface area contributed by atoms with Crippen molar-refractivity contribution in [1.82, 2.24) is 30.0 Å². The van der Waals surface area contributed by atoms with Crippen molar-refractivity contribution < 1.29 is 19.2 Å². The highest BCUT2D eigenvalue weighted by molar-refractivity contribution is 6.08. The molecule has 3 aromatic rings. The summed E-state index contributed by atoms with van der Waals surface area (Å²) in [5.41, 5.74) is 12.5. The number of amides is 4. The number of aryl methyl sites for hydroxylation is 2. The number of nitrogens with two attached hydrogens (primary N) is 2. The Kier molecular flexibility index (Phi) is 15.5. The van der Waals surface area contributed by atoms with Crippen LogP contribution < -0.4 is 32.7 Å². The van der Waals surface area contributed by atoms with E-state index in [-0.39, 0.29) is 34.9 Å². The van der Waals surface area contributed by atoms with E-state index in [4.69, 9.17) is 22.3 Å². The predicted octanol–water partition coefficient (Wildman–Crippen LogP) is 4.28.